The second kappa shape index (κ2) is 8.77. The van der Waals surface area contributed by atoms with E-state index < -0.39 is 0 Å². The summed E-state index contributed by atoms with van der Waals surface area (Å²) in [6, 6.07) is 20.9. The molecule has 1 aliphatic carbocycles. The van der Waals surface area contributed by atoms with Gasteiger partial charge >= 0.3 is 5.69 Å². The summed E-state index contributed by atoms with van der Waals surface area (Å²) in [6.45, 7) is 1.43. The number of carbonyl (C=O) groups excluding carboxylic acids is 1. The fourth-order valence-corrected chi connectivity index (χ4v) is 4.94. The van der Waals surface area contributed by atoms with Crippen molar-refractivity contribution in [3.05, 3.63) is 88.1 Å². The first-order chi connectivity index (χ1) is 15.6. The molecule has 0 radical (unpaired) electrons. The number of nitrogens with zero attached hydrogens (tertiary/aromatic N) is 4. The molecule has 0 spiro atoms. The van der Waals surface area contributed by atoms with Gasteiger partial charge in [0.1, 0.15) is 5.82 Å². The van der Waals surface area contributed by atoms with Crippen molar-refractivity contribution in [1.29, 1.82) is 0 Å². The maximum Gasteiger partial charge on any atom is 0.345 e. The number of hydrogen-bond acceptors (Lipinski definition) is 3. The van der Waals surface area contributed by atoms with Crippen LogP contribution in [0.25, 0.3) is 0 Å². The Kier molecular flexibility index (Phi) is 5.68. The van der Waals surface area contributed by atoms with Crippen molar-refractivity contribution in [1.82, 2.24) is 19.2 Å². The molecule has 166 valence electrons. The molecule has 3 aromatic rings. The standard InChI is InChI=1S/C26H30N4O2/c1-28-26(32)30(22-12-13-22)25(27-28)21-14-16-29(17-15-21)24(31)18-23(19-8-4-2-5-9-19)20-10-6-3-7-11-20/h2-11,21-23H,12-18H2,1H3. The van der Waals surface area contributed by atoms with Gasteiger partial charge in [-0.25, -0.2) is 9.48 Å². The molecule has 2 aliphatic rings. The van der Waals surface area contributed by atoms with Gasteiger partial charge < -0.3 is 4.90 Å². The van der Waals surface area contributed by atoms with Gasteiger partial charge in [-0.05, 0) is 36.8 Å². The zero-order valence-electron chi connectivity index (χ0n) is 18.6. The van der Waals surface area contributed by atoms with E-state index in [2.05, 4.69) is 29.4 Å². The van der Waals surface area contributed by atoms with Gasteiger partial charge in [-0.2, -0.15) is 5.10 Å². The Bertz CT molecular complexity index is 1080. The van der Waals surface area contributed by atoms with Crippen LogP contribution in [0.5, 0.6) is 0 Å². The molecule has 2 aromatic carbocycles. The van der Waals surface area contributed by atoms with E-state index in [-0.39, 0.29) is 23.4 Å². The number of aryl methyl sites for hydroxylation is 1. The van der Waals surface area contributed by atoms with E-state index in [0.29, 0.717) is 12.5 Å². The number of amides is 1. The average molecular weight is 431 g/mol. The molecule has 0 atom stereocenters. The molecule has 6 heteroatoms. The molecule has 32 heavy (non-hydrogen) atoms. The number of carbonyl (C=O) groups is 1. The molecule has 1 amide bonds. The third-order valence-corrected chi connectivity index (χ3v) is 6.89. The first-order valence-corrected chi connectivity index (χ1v) is 11.6. The van der Waals surface area contributed by atoms with Crippen LogP contribution in [0.2, 0.25) is 0 Å². The molecule has 6 nitrogen and oxygen atoms in total. The van der Waals surface area contributed by atoms with E-state index >= 15 is 0 Å². The maximum absolute atomic E-state index is 13.3. The van der Waals surface area contributed by atoms with Crippen molar-refractivity contribution in [3.63, 3.8) is 0 Å². The fourth-order valence-electron chi connectivity index (χ4n) is 4.94. The summed E-state index contributed by atoms with van der Waals surface area (Å²) >= 11 is 0. The largest absolute Gasteiger partial charge is 0.345 e. The minimum Gasteiger partial charge on any atom is -0.343 e. The van der Waals surface area contributed by atoms with E-state index in [1.54, 1.807) is 7.05 Å². The van der Waals surface area contributed by atoms with Crippen LogP contribution in [0.15, 0.2) is 65.5 Å². The molecule has 2 heterocycles. The van der Waals surface area contributed by atoms with Crippen LogP contribution in [0.3, 0.4) is 0 Å². The van der Waals surface area contributed by atoms with Crippen molar-refractivity contribution >= 4 is 5.91 Å². The van der Waals surface area contributed by atoms with E-state index in [1.165, 1.54) is 15.8 Å². The number of rotatable bonds is 6. The lowest BCUT2D eigenvalue weighted by atomic mass is 9.87. The van der Waals surface area contributed by atoms with E-state index in [1.807, 2.05) is 45.9 Å². The summed E-state index contributed by atoms with van der Waals surface area (Å²) in [4.78, 5) is 27.8. The Balaban J connectivity index is 1.28. The maximum atomic E-state index is 13.3. The lowest BCUT2D eigenvalue weighted by Crippen LogP contribution is -2.39. The molecule has 5 rings (SSSR count). The van der Waals surface area contributed by atoms with E-state index in [9.17, 15) is 9.59 Å². The molecule has 1 aliphatic heterocycles. The highest BCUT2D eigenvalue weighted by atomic mass is 16.2. The zero-order chi connectivity index (χ0) is 22.1. The minimum absolute atomic E-state index is 0.00503. The zero-order valence-corrected chi connectivity index (χ0v) is 18.6. The van der Waals surface area contributed by atoms with Crippen LogP contribution in [-0.4, -0.2) is 38.2 Å². The smallest absolute Gasteiger partial charge is 0.343 e. The topological polar surface area (TPSA) is 60.1 Å². The van der Waals surface area contributed by atoms with Crippen molar-refractivity contribution in [2.75, 3.05) is 13.1 Å². The Morgan fingerprint density at radius 1 is 0.938 bits per heavy atom. The second-order valence-electron chi connectivity index (χ2n) is 9.10. The second-order valence-corrected chi connectivity index (χ2v) is 9.10. The molecule has 1 saturated heterocycles. The quantitative estimate of drug-likeness (QED) is 0.597. The van der Waals surface area contributed by atoms with Crippen LogP contribution >= 0.6 is 0 Å². The lowest BCUT2D eigenvalue weighted by molar-refractivity contribution is -0.132. The summed E-state index contributed by atoms with van der Waals surface area (Å²) in [6.07, 6.45) is 4.31. The minimum atomic E-state index is -0.00503. The molecule has 1 aromatic heterocycles. The Hall–Kier alpha value is -3.15. The molecule has 0 N–H and O–H groups in total. The molecular weight excluding hydrogens is 400 g/mol. The van der Waals surface area contributed by atoms with Gasteiger partial charge in [-0.1, -0.05) is 60.7 Å². The number of likely N-dealkylation sites (tertiary alicyclic amines) is 1. The number of hydrogen-bond donors (Lipinski definition) is 0. The fraction of sp³-hybridized carbons (Fsp3) is 0.423. The highest BCUT2D eigenvalue weighted by molar-refractivity contribution is 5.78. The average Bonchev–Trinajstić information content (AvgIpc) is 3.63. The molecule has 2 fully saturated rings. The van der Waals surface area contributed by atoms with Crippen LogP contribution in [0.1, 0.15) is 66.9 Å². The molecular formula is C26H30N4O2. The third-order valence-electron chi connectivity index (χ3n) is 6.89. The Morgan fingerprint density at radius 2 is 1.50 bits per heavy atom. The SMILES string of the molecule is Cn1nc(C2CCN(C(=O)CC(c3ccccc3)c3ccccc3)CC2)n(C2CC2)c1=O. The van der Waals surface area contributed by atoms with E-state index in [0.717, 1.165) is 44.6 Å². The normalized spacial score (nSPS) is 17.1. The van der Waals surface area contributed by atoms with Gasteiger partial charge in [0.15, 0.2) is 0 Å². The highest BCUT2D eigenvalue weighted by Crippen LogP contribution is 2.38. The van der Waals surface area contributed by atoms with Gasteiger partial charge in [0.25, 0.3) is 0 Å². The van der Waals surface area contributed by atoms with Crippen molar-refractivity contribution in [3.8, 4) is 0 Å². The molecule has 0 bridgehead atoms. The van der Waals surface area contributed by atoms with Crippen molar-refractivity contribution in [2.24, 2.45) is 7.05 Å². The third kappa shape index (κ3) is 4.14. The van der Waals surface area contributed by atoms with Gasteiger partial charge in [0.2, 0.25) is 5.91 Å². The number of aromatic nitrogens is 3. The predicted molar refractivity (Wildman–Crippen MR) is 124 cm³/mol. The van der Waals surface area contributed by atoms with Gasteiger partial charge in [0, 0.05) is 44.4 Å². The highest BCUT2D eigenvalue weighted by Gasteiger charge is 2.34. The summed E-state index contributed by atoms with van der Waals surface area (Å²) in [7, 11) is 1.73. The summed E-state index contributed by atoms with van der Waals surface area (Å²) in [5.41, 5.74) is 2.34. The number of piperidine rings is 1. The Labute approximate surface area is 188 Å². The van der Waals surface area contributed by atoms with Crippen molar-refractivity contribution in [2.45, 2.75) is 50.0 Å². The van der Waals surface area contributed by atoms with Crippen LogP contribution < -0.4 is 5.69 Å². The van der Waals surface area contributed by atoms with Gasteiger partial charge in [-0.3, -0.25) is 9.36 Å². The van der Waals surface area contributed by atoms with E-state index in [4.69, 9.17) is 0 Å². The van der Waals surface area contributed by atoms with Crippen LogP contribution in [-0.2, 0) is 11.8 Å². The van der Waals surface area contributed by atoms with Gasteiger partial charge in [0.05, 0.1) is 0 Å². The monoisotopic (exact) mass is 430 g/mol. The van der Waals surface area contributed by atoms with Crippen molar-refractivity contribution < 1.29 is 4.79 Å². The van der Waals surface area contributed by atoms with Gasteiger partial charge in [-0.15, -0.1) is 0 Å². The summed E-state index contributed by atoms with van der Waals surface area (Å²) in [5, 5.41) is 4.56. The first kappa shape index (κ1) is 20.7. The summed E-state index contributed by atoms with van der Waals surface area (Å²) in [5.74, 6) is 1.41. The summed E-state index contributed by atoms with van der Waals surface area (Å²) < 4.78 is 3.37. The number of benzene rings is 2. The molecule has 1 saturated carbocycles. The van der Waals surface area contributed by atoms with Crippen LogP contribution in [0, 0.1) is 0 Å². The van der Waals surface area contributed by atoms with Crippen LogP contribution in [0.4, 0.5) is 0 Å². The lowest BCUT2D eigenvalue weighted by Gasteiger charge is -2.33. The molecule has 0 unspecified atom stereocenters. The first-order valence-electron chi connectivity index (χ1n) is 11.6. The Morgan fingerprint density at radius 3 is 2.03 bits per heavy atom. The predicted octanol–water partition coefficient (Wildman–Crippen LogP) is 3.84.